The maximum atomic E-state index is 6.07. The SMILES string of the molecule is Cc1cn(-c2cc(N)cc(N3CCN(C)CC3)c2)cn1. The molecule has 0 bridgehead atoms. The Balaban J connectivity index is 1.90. The number of nitrogens with zero attached hydrogens (tertiary/aromatic N) is 4. The standard InChI is InChI=1S/C15H21N5/c1-12-10-20(11-17-12)15-8-13(16)7-14(9-15)19-5-3-18(2)4-6-19/h7-11H,3-6,16H2,1-2H3. The number of hydrogen-bond donors (Lipinski definition) is 1. The molecule has 0 unspecified atom stereocenters. The van der Waals surface area contributed by atoms with E-state index in [0.29, 0.717) is 0 Å². The van der Waals surface area contributed by atoms with Crippen molar-refractivity contribution in [3.63, 3.8) is 0 Å². The molecule has 0 aliphatic carbocycles. The molecule has 1 saturated heterocycles. The van der Waals surface area contributed by atoms with E-state index in [0.717, 1.165) is 43.2 Å². The van der Waals surface area contributed by atoms with Crippen LogP contribution >= 0.6 is 0 Å². The highest BCUT2D eigenvalue weighted by Crippen LogP contribution is 2.24. The van der Waals surface area contributed by atoms with Gasteiger partial charge in [0.05, 0.1) is 17.7 Å². The third-order valence-electron chi connectivity index (χ3n) is 3.80. The van der Waals surface area contributed by atoms with E-state index in [-0.39, 0.29) is 0 Å². The first-order valence-corrected chi connectivity index (χ1v) is 6.97. The number of benzene rings is 1. The van der Waals surface area contributed by atoms with Gasteiger partial charge in [-0.1, -0.05) is 0 Å². The van der Waals surface area contributed by atoms with E-state index < -0.39 is 0 Å². The van der Waals surface area contributed by atoms with Crippen LogP contribution in [0.5, 0.6) is 0 Å². The molecule has 0 radical (unpaired) electrons. The van der Waals surface area contributed by atoms with E-state index in [9.17, 15) is 0 Å². The molecule has 2 heterocycles. The molecule has 0 atom stereocenters. The van der Waals surface area contributed by atoms with Crippen molar-refractivity contribution in [2.45, 2.75) is 6.92 Å². The Morgan fingerprint density at radius 1 is 1.05 bits per heavy atom. The smallest absolute Gasteiger partial charge is 0.0995 e. The molecule has 1 aromatic heterocycles. The van der Waals surface area contributed by atoms with Crippen LogP contribution in [0.15, 0.2) is 30.7 Å². The molecule has 0 saturated carbocycles. The highest BCUT2D eigenvalue weighted by molar-refractivity contribution is 5.63. The second-order valence-electron chi connectivity index (χ2n) is 5.50. The van der Waals surface area contributed by atoms with Gasteiger partial charge in [-0.3, -0.25) is 0 Å². The maximum absolute atomic E-state index is 6.07. The van der Waals surface area contributed by atoms with Crippen LogP contribution in [0, 0.1) is 6.92 Å². The Morgan fingerprint density at radius 2 is 1.75 bits per heavy atom. The third-order valence-corrected chi connectivity index (χ3v) is 3.80. The Hall–Kier alpha value is -2.01. The van der Waals surface area contributed by atoms with Gasteiger partial charge in [0, 0.05) is 43.8 Å². The zero-order chi connectivity index (χ0) is 14.1. The fraction of sp³-hybridized carbons (Fsp3) is 0.400. The van der Waals surface area contributed by atoms with E-state index in [1.165, 1.54) is 5.69 Å². The summed E-state index contributed by atoms with van der Waals surface area (Å²) in [5.41, 5.74) is 10.1. The molecule has 20 heavy (non-hydrogen) atoms. The van der Waals surface area contributed by atoms with E-state index in [2.05, 4.69) is 34.0 Å². The summed E-state index contributed by atoms with van der Waals surface area (Å²) in [5, 5.41) is 0. The maximum Gasteiger partial charge on any atom is 0.0995 e. The van der Waals surface area contributed by atoms with Gasteiger partial charge >= 0.3 is 0 Å². The Bertz CT molecular complexity index is 596. The van der Waals surface area contributed by atoms with Gasteiger partial charge in [0.25, 0.3) is 0 Å². The van der Waals surface area contributed by atoms with Crippen LogP contribution in [0.2, 0.25) is 0 Å². The van der Waals surface area contributed by atoms with Gasteiger partial charge in [0.15, 0.2) is 0 Å². The fourth-order valence-corrected chi connectivity index (χ4v) is 2.58. The number of aryl methyl sites for hydroxylation is 1. The van der Waals surface area contributed by atoms with Gasteiger partial charge in [0.1, 0.15) is 0 Å². The van der Waals surface area contributed by atoms with Gasteiger partial charge in [-0.25, -0.2) is 4.98 Å². The summed E-state index contributed by atoms with van der Waals surface area (Å²) in [4.78, 5) is 9.02. The number of imidazole rings is 1. The second-order valence-corrected chi connectivity index (χ2v) is 5.50. The first-order chi connectivity index (χ1) is 9.61. The summed E-state index contributed by atoms with van der Waals surface area (Å²) in [7, 11) is 2.16. The monoisotopic (exact) mass is 271 g/mol. The van der Waals surface area contributed by atoms with E-state index in [1.54, 1.807) is 0 Å². The van der Waals surface area contributed by atoms with Crippen LogP contribution < -0.4 is 10.6 Å². The van der Waals surface area contributed by atoms with Crippen molar-refractivity contribution in [2.24, 2.45) is 0 Å². The van der Waals surface area contributed by atoms with E-state index >= 15 is 0 Å². The minimum Gasteiger partial charge on any atom is -0.399 e. The van der Waals surface area contributed by atoms with Crippen LogP contribution in [0.4, 0.5) is 11.4 Å². The van der Waals surface area contributed by atoms with Crippen LogP contribution in [-0.4, -0.2) is 47.7 Å². The number of nitrogen functional groups attached to an aromatic ring is 1. The van der Waals surface area contributed by atoms with Crippen molar-refractivity contribution in [3.05, 3.63) is 36.4 Å². The first-order valence-electron chi connectivity index (χ1n) is 6.97. The van der Waals surface area contributed by atoms with Crippen LogP contribution in [0.25, 0.3) is 5.69 Å². The lowest BCUT2D eigenvalue weighted by Gasteiger charge is -2.34. The molecule has 1 aromatic carbocycles. The molecule has 1 aliphatic heterocycles. The predicted molar refractivity (Wildman–Crippen MR) is 82.4 cm³/mol. The summed E-state index contributed by atoms with van der Waals surface area (Å²) in [5.74, 6) is 0. The lowest BCUT2D eigenvalue weighted by atomic mass is 10.2. The molecule has 1 fully saturated rings. The highest BCUT2D eigenvalue weighted by atomic mass is 15.2. The van der Waals surface area contributed by atoms with Crippen LogP contribution in [0.1, 0.15) is 5.69 Å². The van der Waals surface area contributed by atoms with Gasteiger partial charge in [0.2, 0.25) is 0 Å². The predicted octanol–water partition coefficient (Wildman–Crippen LogP) is 1.51. The summed E-state index contributed by atoms with van der Waals surface area (Å²) in [6, 6.07) is 6.22. The molecule has 106 valence electrons. The third kappa shape index (κ3) is 2.63. The zero-order valence-electron chi connectivity index (χ0n) is 12.1. The van der Waals surface area contributed by atoms with Crippen molar-refractivity contribution in [2.75, 3.05) is 43.9 Å². The summed E-state index contributed by atoms with van der Waals surface area (Å²) in [6.07, 6.45) is 3.85. The Kier molecular flexibility index (Phi) is 3.36. The topological polar surface area (TPSA) is 50.3 Å². The highest BCUT2D eigenvalue weighted by Gasteiger charge is 2.15. The molecule has 5 heteroatoms. The largest absolute Gasteiger partial charge is 0.399 e. The molecule has 0 spiro atoms. The summed E-state index contributed by atoms with van der Waals surface area (Å²) < 4.78 is 2.02. The van der Waals surface area contributed by atoms with Crippen molar-refractivity contribution in [1.29, 1.82) is 0 Å². The number of piperazine rings is 1. The molecule has 2 N–H and O–H groups in total. The molecule has 2 aromatic rings. The molecule has 1 aliphatic rings. The molecule has 3 rings (SSSR count). The number of nitrogens with two attached hydrogens (primary N) is 1. The number of anilines is 2. The normalized spacial score (nSPS) is 16.6. The number of hydrogen-bond acceptors (Lipinski definition) is 4. The van der Waals surface area contributed by atoms with Gasteiger partial charge in [-0.15, -0.1) is 0 Å². The van der Waals surface area contributed by atoms with Gasteiger partial charge in [-0.05, 0) is 32.2 Å². The number of rotatable bonds is 2. The van der Waals surface area contributed by atoms with Gasteiger partial charge in [-0.2, -0.15) is 0 Å². The van der Waals surface area contributed by atoms with Crippen LogP contribution in [0.3, 0.4) is 0 Å². The van der Waals surface area contributed by atoms with Crippen LogP contribution in [-0.2, 0) is 0 Å². The van der Waals surface area contributed by atoms with Crippen molar-refractivity contribution >= 4 is 11.4 Å². The minimum atomic E-state index is 0.794. The molecule has 5 nitrogen and oxygen atoms in total. The summed E-state index contributed by atoms with van der Waals surface area (Å²) in [6.45, 7) is 6.26. The fourth-order valence-electron chi connectivity index (χ4n) is 2.58. The lowest BCUT2D eigenvalue weighted by Crippen LogP contribution is -2.44. The lowest BCUT2D eigenvalue weighted by molar-refractivity contribution is 0.313. The zero-order valence-corrected chi connectivity index (χ0v) is 12.1. The number of likely N-dealkylation sites (N-methyl/N-ethyl adjacent to an activating group) is 1. The van der Waals surface area contributed by atoms with Crippen molar-refractivity contribution in [1.82, 2.24) is 14.5 Å². The molecular formula is C15H21N5. The van der Waals surface area contributed by atoms with E-state index in [4.69, 9.17) is 5.73 Å². The summed E-state index contributed by atoms with van der Waals surface area (Å²) >= 11 is 0. The van der Waals surface area contributed by atoms with Crippen molar-refractivity contribution < 1.29 is 0 Å². The van der Waals surface area contributed by atoms with E-state index in [1.807, 2.05) is 30.1 Å². The Morgan fingerprint density at radius 3 is 2.40 bits per heavy atom. The molecule has 0 amide bonds. The minimum absolute atomic E-state index is 0.794. The average Bonchev–Trinajstić information content (AvgIpc) is 2.85. The van der Waals surface area contributed by atoms with Gasteiger partial charge < -0.3 is 20.1 Å². The number of aromatic nitrogens is 2. The van der Waals surface area contributed by atoms with Crippen molar-refractivity contribution in [3.8, 4) is 5.69 Å². The Labute approximate surface area is 119 Å². The second kappa shape index (κ2) is 5.17. The average molecular weight is 271 g/mol. The quantitative estimate of drug-likeness (QED) is 0.841. The first kappa shape index (κ1) is 13.0. The molecular weight excluding hydrogens is 250 g/mol.